The van der Waals surface area contributed by atoms with E-state index in [-0.39, 0.29) is 18.4 Å². The van der Waals surface area contributed by atoms with Crippen LogP contribution < -0.4 is 4.90 Å². The zero-order valence-corrected chi connectivity index (χ0v) is 16.7. The van der Waals surface area contributed by atoms with Gasteiger partial charge in [0.05, 0.1) is 18.2 Å². The summed E-state index contributed by atoms with van der Waals surface area (Å²) in [5.41, 5.74) is 3.56. The van der Waals surface area contributed by atoms with E-state index in [1.807, 2.05) is 30.0 Å². The summed E-state index contributed by atoms with van der Waals surface area (Å²) in [5.74, 6) is 6.04. The van der Waals surface area contributed by atoms with Gasteiger partial charge in [0.1, 0.15) is 0 Å². The lowest BCUT2D eigenvalue weighted by Crippen LogP contribution is -2.28. The van der Waals surface area contributed by atoms with Crippen LogP contribution in [0.25, 0.3) is 0 Å². The fourth-order valence-corrected chi connectivity index (χ4v) is 3.42. The Morgan fingerprint density at radius 1 is 1.10 bits per heavy atom. The number of aryl methyl sites for hydroxylation is 1. The van der Waals surface area contributed by atoms with E-state index in [9.17, 15) is 9.59 Å². The fraction of sp³-hybridized carbons (Fsp3) is 0.292. The summed E-state index contributed by atoms with van der Waals surface area (Å²) < 4.78 is 0. The molecule has 1 fully saturated rings. The summed E-state index contributed by atoms with van der Waals surface area (Å²) in [7, 11) is 0. The van der Waals surface area contributed by atoms with Gasteiger partial charge >= 0.3 is 0 Å². The van der Waals surface area contributed by atoms with E-state index < -0.39 is 0 Å². The lowest BCUT2D eigenvalue weighted by Gasteiger charge is -2.18. The van der Waals surface area contributed by atoms with Gasteiger partial charge in [-0.1, -0.05) is 17.9 Å². The molecule has 0 N–H and O–H groups in total. The zero-order valence-electron chi connectivity index (χ0n) is 16.7. The lowest BCUT2D eigenvalue weighted by atomic mass is 10.0. The maximum atomic E-state index is 12.6. The predicted molar refractivity (Wildman–Crippen MR) is 112 cm³/mol. The molecule has 2 amide bonds. The highest BCUT2D eigenvalue weighted by Crippen LogP contribution is 2.18. The fourth-order valence-electron chi connectivity index (χ4n) is 3.42. The molecule has 1 heterocycles. The molecule has 0 spiro atoms. The van der Waals surface area contributed by atoms with Crippen molar-refractivity contribution < 1.29 is 9.59 Å². The molecule has 1 aliphatic heterocycles. The molecule has 5 nitrogen and oxygen atoms in total. The van der Waals surface area contributed by atoms with Crippen LogP contribution in [-0.4, -0.2) is 36.3 Å². The van der Waals surface area contributed by atoms with Gasteiger partial charge in [-0.05, 0) is 61.7 Å². The minimum atomic E-state index is -0.142. The molecule has 146 valence electrons. The molecule has 0 radical (unpaired) electrons. The number of benzene rings is 2. The maximum absolute atomic E-state index is 12.6. The molecular weight excluding hydrogens is 362 g/mol. The minimum absolute atomic E-state index is 0.0830. The first kappa shape index (κ1) is 20.2. The van der Waals surface area contributed by atoms with Crippen LogP contribution in [0.4, 0.5) is 5.69 Å². The maximum Gasteiger partial charge on any atom is 0.254 e. The van der Waals surface area contributed by atoms with Gasteiger partial charge in [-0.15, -0.1) is 0 Å². The number of amides is 2. The van der Waals surface area contributed by atoms with Crippen LogP contribution in [-0.2, 0) is 4.79 Å². The summed E-state index contributed by atoms with van der Waals surface area (Å²) in [6, 6.07) is 14.6. The van der Waals surface area contributed by atoms with Crippen LogP contribution in [0.3, 0.4) is 0 Å². The van der Waals surface area contributed by atoms with E-state index in [0.29, 0.717) is 11.3 Å². The molecule has 1 saturated heterocycles. The van der Waals surface area contributed by atoms with Gasteiger partial charge in [0.2, 0.25) is 5.91 Å². The van der Waals surface area contributed by atoms with Crippen LogP contribution in [0.5, 0.6) is 0 Å². The zero-order chi connectivity index (χ0) is 20.8. The van der Waals surface area contributed by atoms with Gasteiger partial charge in [0.15, 0.2) is 0 Å². The normalized spacial score (nSPS) is 12.7. The summed E-state index contributed by atoms with van der Waals surface area (Å²) in [4.78, 5) is 28.0. The topological polar surface area (TPSA) is 64.4 Å². The van der Waals surface area contributed by atoms with E-state index in [4.69, 9.17) is 5.26 Å². The van der Waals surface area contributed by atoms with E-state index >= 15 is 0 Å². The number of nitriles is 1. The molecule has 3 rings (SSSR count). The first-order valence-corrected chi connectivity index (χ1v) is 9.66. The monoisotopic (exact) mass is 385 g/mol. The van der Waals surface area contributed by atoms with Crippen LogP contribution in [0.1, 0.15) is 46.8 Å². The quantitative estimate of drug-likeness (QED) is 0.760. The van der Waals surface area contributed by atoms with Crippen LogP contribution in [0, 0.1) is 30.1 Å². The SMILES string of the molecule is CC(=O)N(CC#Cc1ccc(C(=O)N2CCCC2)c(C)c1)c1cccc(C#N)c1. The third kappa shape index (κ3) is 4.83. The van der Waals surface area contributed by atoms with E-state index in [1.165, 1.54) is 11.8 Å². The Hall–Kier alpha value is -3.57. The van der Waals surface area contributed by atoms with Crippen molar-refractivity contribution in [3.8, 4) is 17.9 Å². The summed E-state index contributed by atoms with van der Waals surface area (Å²) in [6.45, 7) is 5.27. The average molecular weight is 385 g/mol. The van der Waals surface area contributed by atoms with Crippen molar-refractivity contribution in [1.29, 1.82) is 5.26 Å². The summed E-state index contributed by atoms with van der Waals surface area (Å²) >= 11 is 0. The Morgan fingerprint density at radius 3 is 2.52 bits per heavy atom. The van der Waals surface area contributed by atoms with Crippen LogP contribution in [0.15, 0.2) is 42.5 Å². The van der Waals surface area contributed by atoms with Crippen molar-refractivity contribution in [2.75, 3.05) is 24.5 Å². The number of carbonyl (C=O) groups is 2. The second-order valence-electron chi connectivity index (χ2n) is 7.10. The van der Waals surface area contributed by atoms with E-state index in [2.05, 4.69) is 17.9 Å². The predicted octanol–water partition coefficient (Wildman–Crippen LogP) is 3.51. The third-order valence-electron chi connectivity index (χ3n) is 4.99. The molecule has 2 aromatic carbocycles. The largest absolute Gasteiger partial charge is 0.339 e. The standard InChI is InChI=1S/C24H23N3O2/c1-18-15-20(10-11-23(18)24(29)26-12-3-4-13-26)8-6-14-27(19(2)28)22-9-5-7-21(16-22)17-25/h5,7,9-11,15-16H,3-4,12-14H2,1-2H3. The molecule has 29 heavy (non-hydrogen) atoms. The number of hydrogen-bond acceptors (Lipinski definition) is 3. The van der Waals surface area contributed by atoms with Crippen LogP contribution >= 0.6 is 0 Å². The molecule has 1 aliphatic rings. The minimum Gasteiger partial charge on any atom is -0.339 e. The van der Waals surface area contributed by atoms with Crippen LogP contribution in [0.2, 0.25) is 0 Å². The molecule has 0 saturated carbocycles. The molecule has 0 bridgehead atoms. The third-order valence-corrected chi connectivity index (χ3v) is 4.99. The highest BCUT2D eigenvalue weighted by Gasteiger charge is 2.20. The molecule has 0 aromatic heterocycles. The van der Waals surface area contributed by atoms with E-state index in [1.54, 1.807) is 24.3 Å². The lowest BCUT2D eigenvalue weighted by molar-refractivity contribution is -0.116. The molecule has 2 aromatic rings. The number of carbonyl (C=O) groups excluding carboxylic acids is 2. The first-order valence-electron chi connectivity index (χ1n) is 9.66. The molecule has 0 aliphatic carbocycles. The van der Waals surface area contributed by atoms with Crippen molar-refractivity contribution in [2.45, 2.75) is 26.7 Å². The second kappa shape index (κ2) is 9.08. The van der Waals surface area contributed by atoms with Crippen molar-refractivity contribution in [1.82, 2.24) is 4.90 Å². The first-order chi connectivity index (χ1) is 14.0. The van der Waals surface area contributed by atoms with Gasteiger partial charge in [0.25, 0.3) is 5.91 Å². The van der Waals surface area contributed by atoms with Gasteiger partial charge in [-0.3, -0.25) is 9.59 Å². The highest BCUT2D eigenvalue weighted by atomic mass is 16.2. The number of rotatable bonds is 3. The van der Waals surface area contributed by atoms with Gasteiger partial charge in [0, 0.05) is 36.8 Å². The Balaban J connectivity index is 1.74. The van der Waals surface area contributed by atoms with Crippen molar-refractivity contribution in [2.24, 2.45) is 0 Å². The number of anilines is 1. The Labute approximate surface area is 171 Å². The number of nitrogens with zero attached hydrogens (tertiary/aromatic N) is 3. The number of hydrogen-bond donors (Lipinski definition) is 0. The molecule has 0 atom stereocenters. The van der Waals surface area contributed by atoms with Crippen molar-refractivity contribution >= 4 is 17.5 Å². The van der Waals surface area contributed by atoms with Crippen molar-refractivity contribution in [3.05, 3.63) is 64.7 Å². The Kier molecular flexibility index (Phi) is 6.32. The average Bonchev–Trinajstić information content (AvgIpc) is 3.25. The molecule has 5 heteroatoms. The Morgan fingerprint density at radius 2 is 1.86 bits per heavy atom. The summed E-state index contributed by atoms with van der Waals surface area (Å²) in [5, 5.41) is 9.06. The molecule has 0 unspecified atom stereocenters. The smallest absolute Gasteiger partial charge is 0.254 e. The van der Waals surface area contributed by atoms with Crippen molar-refractivity contribution in [3.63, 3.8) is 0 Å². The highest BCUT2D eigenvalue weighted by molar-refractivity contribution is 5.96. The summed E-state index contributed by atoms with van der Waals surface area (Å²) in [6.07, 6.45) is 2.14. The van der Waals surface area contributed by atoms with Gasteiger partial charge in [-0.25, -0.2) is 0 Å². The van der Waals surface area contributed by atoms with Gasteiger partial charge in [-0.2, -0.15) is 5.26 Å². The molecular formula is C24H23N3O2. The van der Waals surface area contributed by atoms with E-state index in [0.717, 1.165) is 42.6 Å². The van der Waals surface area contributed by atoms with Gasteiger partial charge < -0.3 is 9.80 Å². The Bertz CT molecular complexity index is 1030. The number of likely N-dealkylation sites (tertiary alicyclic amines) is 1. The second-order valence-corrected chi connectivity index (χ2v) is 7.10.